The van der Waals surface area contributed by atoms with Gasteiger partial charge in [-0.15, -0.1) is 0 Å². The van der Waals surface area contributed by atoms with E-state index >= 15 is 0 Å². The Kier molecular flexibility index (Phi) is 7.81. The fourth-order valence-electron chi connectivity index (χ4n) is 7.62. The molecule has 8 aromatic carbocycles. The molecule has 0 fully saturated rings. The summed E-state index contributed by atoms with van der Waals surface area (Å²) < 4.78 is 0. The maximum Gasteiger partial charge on any atom is 0.160 e. The van der Waals surface area contributed by atoms with Crippen molar-refractivity contribution in [1.29, 1.82) is 0 Å². The van der Waals surface area contributed by atoms with Gasteiger partial charge in [0.25, 0.3) is 0 Å². The van der Waals surface area contributed by atoms with Gasteiger partial charge in [-0.25, -0.2) is 9.97 Å². The largest absolute Gasteiger partial charge is 0.263 e. The molecule has 54 heavy (non-hydrogen) atoms. The molecule has 0 saturated carbocycles. The first-order valence-electron chi connectivity index (χ1n) is 18.2. The molecule has 0 atom stereocenters. The van der Waals surface area contributed by atoms with Crippen molar-refractivity contribution in [2.45, 2.75) is 0 Å². The summed E-state index contributed by atoms with van der Waals surface area (Å²) in [7, 11) is 0. The fourth-order valence-corrected chi connectivity index (χ4v) is 7.62. The second-order valence-corrected chi connectivity index (χ2v) is 13.7. The van der Waals surface area contributed by atoms with Crippen LogP contribution in [0, 0.1) is 0 Å². The minimum atomic E-state index is 0.687. The highest BCUT2D eigenvalue weighted by Crippen LogP contribution is 2.37. The summed E-state index contributed by atoms with van der Waals surface area (Å²) >= 11 is 0. The van der Waals surface area contributed by atoms with Gasteiger partial charge in [-0.05, 0) is 72.9 Å². The van der Waals surface area contributed by atoms with E-state index < -0.39 is 0 Å². The van der Waals surface area contributed by atoms with Gasteiger partial charge in [-0.1, -0.05) is 170 Å². The Morgan fingerprint density at radius 3 is 1.54 bits per heavy atom. The quantitative estimate of drug-likeness (QED) is 0.163. The van der Waals surface area contributed by atoms with E-state index in [-0.39, 0.29) is 0 Å². The molecular formula is C51H33N3. The summed E-state index contributed by atoms with van der Waals surface area (Å²) in [6.07, 6.45) is 3.86. The third-order valence-electron chi connectivity index (χ3n) is 10.4. The van der Waals surface area contributed by atoms with Gasteiger partial charge >= 0.3 is 0 Å². The number of hydrogen-bond donors (Lipinski definition) is 0. The third-order valence-corrected chi connectivity index (χ3v) is 10.4. The zero-order valence-electron chi connectivity index (χ0n) is 29.4. The van der Waals surface area contributed by atoms with Crippen LogP contribution in [0.4, 0.5) is 0 Å². The first-order valence-corrected chi connectivity index (χ1v) is 18.2. The normalized spacial score (nSPS) is 11.3. The molecule has 0 N–H and O–H groups in total. The highest BCUT2D eigenvalue weighted by molar-refractivity contribution is 6.13. The minimum absolute atomic E-state index is 0.687. The topological polar surface area (TPSA) is 38.7 Å². The van der Waals surface area contributed by atoms with E-state index in [9.17, 15) is 0 Å². The lowest BCUT2D eigenvalue weighted by Crippen LogP contribution is -1.96. The van der Waals surface area contributed by atoms with Crippen molar-refractivity contribution < 1.29 is 0 Å². The number of fused-ring (bicyclic) bond motifs is 4. The number of pyridine rings is 1. The van der Waals surface area contributed by atoms with Gasteiger partial charge in [0.15, 0.2) is 5.82 Å². The molecule has 0 saturated heterocycles. The van der Waals surface area contributed by atoms with Gasteiger partial charge in [-0.3, -0.25) is 4.98 Å². The van der Waals surface area contributed by atoms with Crippen LogP contribution in [0.1, 0.15) is 0 Å². The van der Waals surface area contributed by atoms with Crippen LogP contribution in [0.5, 0.6) is 0 Å². The molecule has 0 spiro atoms. The van der Waals surface area contributed by atoms with Gasteiger partial charge in [0, 0.05) is 40.0 Å². The van der Waals surface area contributed by atoms with E-state index in [1.807, 2.05) is 18.5 Å². The molecule has 252 valence electrons. The monoisotopic (exact) mass is 687 g/mol. The predicted molar refractivity (Wildman–Crippen MR) is 225 cm³/mol. The zero-order valence-corrected chi connectivity index (χ0v) is 29.4. The van der Waals surface area contributed by atoms with Crippen LogP contribution >= 0.6 is 0 Å². The number of aromatic nitrogens is 3. The summed E-state index contributed by atoms with van der Waals surface area (Å²) in [4.78, 5) is 14.9. The molecule has 0 aliphatic carbocycles. The second-order valence-electron chi connectivity index (χ2n) is 13.7. The van der Waals surface area contributed by atoms with Gasteiger partial charge < -0.3 is 0 Å². The van der Waals surface area contributed by atoms with Crippen LogP contribution in [0.15, 0.2) is 200 Å². The summed E-state index contributed by atoms with van der Waals surface area (Å²) in [5, 5.41) is 7.33. The second kappa shape index (κ2) is 13.4. The molecule has 0 aliphatic rings. The van der Waals surface area contributed by atoms with Gasteiger partial charge in [-0.2, -0.15) is 0 Å². The van der Waals surface area contributed by atoms with E-state index in [0.717, 1.165) is 55.7 Å². The van der Waals surface area contributed by atoms with Crippen molar-refractivity contribution in [3.63, 3.8) is 0 Å². The Balaban J connectivity index is 1.08. The standard InChI is InChI=1S/C51H33N3/c1-2-11-34(12-3-1)39-15-10-16-41(29-39)51-53-49(31-50(54-51)38-27-23-36(24-28-38)48-33-52-32-42-14-5-7-18-44(42)48)37-25-21-35(22-26-37)47-30-40-13-4-6-17-43(40)45-19-8-9-20-46(45)47/h1-33H. The fraction of sp³-hybridized carbons (Fsp3) is 0. The van der Waals surface area contributed by atoms with Crippen LogP contribution in [-0.2, 0) is 0 Å². The summed E-state index contributed by atoms with van der Waals surface area (Å²) in [5.41, 5.74) is 11.7. The zero-order chi connectivity index (χ0) is 35.8. The smallest absolute Gasteiger partial charge is 0.160 e. The Morgan fingerprint density at radius 2 is 0.815 bits per heavy atom. The lowest BCUT2D eigenvalue weighted by Gasteiger charge is -2.13. The van der Waals surface area contributed by atoms with Crippen LogP contribution in [0.2, 0.25) is 0 Å². The summed E-state index contributed by atoms with van der Waals surface area (Å²) in [5.74, 6) is 0.687. The van der Waals surface area contributed by atoms with E-state index in [1.54, 1.807) is 0 Å². The van der Waals surface area contributed by atoms with E-state index in [4.69, 9.17) is 9.97 Å². The van der Waals surface area contributed by atoms with Crippen molar-refractivity contribution in [2.75, 3.05) is 0 Å². The molecular weight excluding hydrogens is 655 g/mol. The SMILES string of the molecule is c1ccc(-c2cccc(-c3nc(-c4ccc(-c5cncc6ccccc56)cc4)cc(-c4ccc(-c5cc6ccccc6c6ccccc56)cc4)n3)c2)cc1. The molecule has 0 unspecified atom stereocenters. The Bertz CT molecular complexity index is 2960. The molecule has 2 heterocycles. The minimum Gasteiger partial charge on any atom is -0.263 e. The summed E-state index contributed by atoms with van der Waals surface area (Å²) in [6.45, 7) is 0. The Hall–Kier alpha value is -7.23. The molecule has 2 aromatic heterocycles. The van der Waals surface area contributed by atoms with Gasteiger partial charge in [0.05, 0.1) is 11.4 Å². The lowest BCUT2D eigenvalue weighted by atomic mass is 9.92. The molecule has 0 amide bonds. The van der Waals surface area contributed by atoms with E-state index in [0.29, 0.717) is 5.82 Å². The van der Waals surface area contributed by atoms with Crippen molar-refractivity contribution in [2.24, 2.45) is 0 Å². The predicted octanol–water partition coefficient (Wildman–Crippen LogP) is 13.3. The molecule has 0 radical (unpaired) electrons. The van der Waals surface area contributed by atoms with Crippen LogP contribution in [-0.4, -0.2) is 15.0 Å². The van der Waals surface area contributed by atoms with Gasteiger partial charge in [0.1, 0.15) is 0 Å². The molecule has 0 aliphatic heterocycles. The highest BCUT2D eigenvalue weighted by atomic mass is 14.9. The first kappa shape index (κ1) is 31.5. The first-order chi connectivity index (χ1) is 26.7. The maximum absolute atomic E-state index is 5.21. The number of rotatable bonds is 6. The van der Waals surface area contributed by atoms with E-state index in [1.165, 1.54) is 38.1 Å². The van der Waals surface area contributed by atoms with Crippen molar-refractivity contribution >= 4 is 32.3 Å². The Labute approximate surface area is 313 Å². The molecule has 10 aromatic rings. The van der Waals surface area contributed by atoms with Crippen molar-refractivity contribution in [3.8, 4) is 67.3 Å². The third kappa shape index (κ3) is 5.78. The highest BCUT2D eigenvalue weighted by Gasteiger charge is 2.14. The Morgan fingerprint density at radius 1 is 0.278 bits per heavy atom. The van der Waals surface area contributed by atoms with Gasteiger partial charge in [0.2, 0.25) is 0 Å². The maximum atomic E-state index is 5.21. The number of benzene rings is 8. The van der Waals surface area contributed by atoms with Crippen molar-refractivity contribution in [1.82, 2.24) is 15.0 Å². The molecule has 10 rings (SSSR count). The molecule has 3 heteroatoms. The van der Waals surface area contributed by atoms with Crippen molar-refractivity contribution in [3.05, 3.63) is 200 Å². The average molecular weight is 688 g/mol. The number of hydrogen-bond acceptors (Lipinski definition) is 3. The molecule has 3 nitrogen and oxygen atoms in total. The van der Waals surface area contributed by atoms with Crippen LogP contribution < -0.4 is 0 Å². The molecule has 0 bridgehead atoms. The number of nitrogens with zero attached hydrogens (tertiary/aromatic N) is 3. The average Bonchev–Trinajstić information content (AvgIpc) is 3.26. The lowest BCUT2D eigenvalue weighted by molar-refractivity contribution is 1.18. The summed E-state index contributed by atoms with van der Waals surface area (Å²) in [6, 6.07) is 66.5. The van der Waals surface area contributed by atoms with Crippen LogP contribution in [0.3, 0.4) is 0 Å². The van der Waals surface area contributed by atoms with Crippen LogP contribution in [0.25, 0.3) is 99.6 Å². The van der Waals surface area contributed by atoms with E-state index in [2.05, 4.69) is 187 Å².